The zero-order chi connectivity index (χ0) is 22.1. The summed E-state index contributed by atoms with van der Waals surface area (Å²) in [5.41, 5.74) is 8.91. The van der Waals surface area contributed by atoms with Crippen LogP contribution >= 0.6 is 23.7 Å². The van der Waals surface area contributed by atoms with E-state index in [9.17, 15) is 4.79 Å². The zero-order valence-corrected chi connectivity index (χ0v) is 20.9. The van der Waals surface area contributed by atoms with Crippen LogP contribution in [0.25, 0.3) is 10.9 Å². The van der Waals surface area contributed by atoms with E-state index >= 15 is 0 Å². The molecule has 5 rings (SSSR count). The average molecular weight is 488 g/mol. The number of rotatable bonds is 6. The second kappa shape index (κ2) is 10.5. The van der Waals surface area contributed by atoms with Gasteiger partial charge in [0.2, 0.25) is 0 Å². The van der Waals surface area contributed by atoms with Crippen LogP contribution in [0.2, 0.25) is 0 Å². The molecule has 2 aromatic heterocycles. The van der Waals surface area contributed by atoms with E-state index in [1.165, 1.54) is 23.4 Å². The number of hydrogen-bond donors (Lipinski definition) is 2. The molecule has 8 heteroatoms. The van der Waals surface area contributed by atoms with E-state index in [1.807, 2.05) is 35.2 Å². The van der Waals surface area contributed by atoms with Crippen LogP contribution in [0.1, 0.15) is 53.7 Å². The van der Waals surface area contributed by atoms with Gasteiger partial charge < -0.3 is 15.6 Å². The van der Waals surface area contributed by atoms with Gasteiger partial charge in [-0.05, 0) is 63.1 Å². The SMILES string of the molecule is CCCN(CC1CCN(C(=O)c2cc3ccccc3[nH]2)CC1)[C@H]1CCc2nc(N)sc2C1.Cl. The number of anilines is 1. The lowest BCUT2D eigenvalue weighted by atomic mass is 9.92. The van der Waals surface area contributed by atoms with Crippen molar-refractivity contribution in [3.8, 4) is 0 Å². The summed E-state index contributed by atoms with van der Waals surface area (Å²) >= 11 is 1.67. The Labute approximate surface area is 206 Å². The molecule has 1 fully saturated rings. The first-order valence-corrected chi connectivity index (χ1v) is 12.8. The number of aromatic amines is 1. The first kappa shape index (κ1) is 24.0. The van der Waals surface area contributed by atoms with Crippen LogP contribution in [0.15, 0.2) is 30.3 Å². The number of carbonyl (C=O) groups is 1. The summed E-state index contributed by atoms with van der Waals surface area (Å²) < 4.78 is 0. The van der Waals surface area contributed by atoms with Gasteiger partial charge in [0.25, 0.3) is 5.91 Å². The van der Waals surface area contributed by atoms with Crippen LogP contribution in [0.4, 0.5) is 5.13 Å². The van der Waals surface area contributed by atoms with E-state index in [-0.39, 0.29) is 18.3 Å². The number of thiazole rings is 1. The Balaban J connectivity index is 0.00000259. The predicted molar refractivity (Wildman–Crippen MR) is 138 cm³/mol. The first-order valence-electron chi connectivity index (χ1n) is 12.0. The fourth-order valence-electron chi connectivity index (χ4n) is 5.41. The summed E-state index contributed by atoms with van der Waals surface area (Å²) in [5.74, 6) is 0.786. The minimum Gasteiger partial charge on any atom is -0.375 e. The molecule has 3 aromatic rings. The van der Waals surface area contributed by atoms with Crippen molar-refractivity contribution in [3.05, 3.63) is 46.6 Å². The number of benzene rings is 1. The van der Waals surface area contributed by atoms with E-state index in [2.05, 4.69) is 21.8 Å². The highest BCUT2D eigenvalue weighted by molar-refractivity contribution is 7.15. The van der Waals surface area contributed by atoms with Gasteiger partial charge in [0, 0.05) is 41.5 Å². The second-order valence-corrected chi connectivity index (χ2v) is 10.4. The van der Waals surface area contributed by atoms with Crippen LogP contribution in [0.5, 0.6) is 0 Å². The van der Waals surface area contributed by atoms with Gasteiger partial charge in [-0.3, -0.25) is 9.69 Å². The van der Waals surface area contributed by atoms with Gasteiger partial charge in [-0.25, -0.2) is 4.98 Å². The summed E-state index contributed by atoms with van der Waals surface area (Å²) in [4.78, 5) is 27.0. The highest BCUT2D eigenvalue weighted by Gasteiger charge is 2.30. The number of nitrogens with two attached hydrogens (primary N) is 1. The monoisotopic (exact) mass is 487 g/mol. The maximum Gasteiger partial charge on any atom is 0.270 e. The summed E-state index contributed by atoms with van der Waals surface area (Å²) in [7, 11) is 0. The van der Waals surface area contributed by atoms with Crippen LogP contribution in [-0.4, -0.2) is 57.9 Å². The third-order valence-corrected chi connectivity index (χ3v) is 8.06. The number of nitrogens with one attached hydrogen (secondary N) is 1. The average Bonchev–Trinajstić information content (AvgIpc) is 3.40. The molecule has 1 aliphatic carbocycles. The number of fused-ring (bicyclic) bond motifs is 2. The number of aryl methyl sites for hydroxylation is 1. The van der Waals surface area contributed by atoms with Gasteiger partial charge in [-0.1, -0.05) is 25.1 Å². The van der Waals surface area contributed by atoms with Gasteiger partial charge in [0.05, 0.1) is 5.69 Å². The molecule has 3 heterocycles. The Morgan fingerprint density at radius 3 is 2.82 bits per heavy atom. The number of hydrogen-bond acceptors (Lipinski definition) is 5. The molecule has 1 saturated heterocycles. The lowest BCUT2D eigenvalue weighted by molar-refractivity contribution is 0.0638. The highest BCUT2D eigenvalue weighted by atomic mass is 35.5. The van der Waals surface area contributed by atoms with Crippen molar-refractivity contribution < 1.29 is 4.79 Å². The van der Waals surface area contributed by atoms with Crippen LogP contribution in [0.3, 0.4) is 0 Å². The number of likely N-dealkylation sites (tertiary alicyclic amines) is 1. The molecule has 33 heavy (non-hydrogen) atoms. The molecule has 1 amide bonds. The summed E-state index contributed by atoms with van der Waals surface area (Å²) in [6.07, 6.45) is 6.64. The largest absolute Gasteiger partial charge is 0.375 e. The van der Waals surface area contributed by atoms with Gasteiger partial charge in [-0.2, -0.15) is 0 Å². The van der Waals surface area contributed by atoms with Crippen LogP contribution in [-0.2, 0) is 12.8 Å². The van der Waals surface area contributed by atoms with Crippen molar-refractivity contribution in [1.29, 1.82) is 0 Å². The summed E-state index contributed by atoms with van der Waals surface area (Å²) in [5, 5.41) is 1.81. The van der Waals surface area contributed by atoms with Crippen molar-refractivity contribution in [1.82, 2.24) is 19.8 Å². The number of H-pyrrole nitrogens is 1. The lowest BCUT2D eigenvalue weighted by Gasteiger charge is -2.39. The Hall–Kier alpha value is -2.09. The highest BCUT2D eigenvalue weighted by Crippen LogP contribution is 2.31. The first-order chi connectivity index (χ1) is 15.6. The minimum atomic E-state index is 0. The Kier molecular flexibility index (Phi) is 7.62. The van der Waals surface area contributed by atoms with E-state index in [0.29, 0.717) is 22.8 Å². The molecule has 0 saturated carbocycles. The normalized spacial score (nSPS) is 19.0. The lowest BCUT2D eigenvalue weighted by Crippen LogP contribution is -2.45. The smallest absolute Gasteiger partial charge is 0.270 e. The Morgan fingerprint density at radius 2 is 2.06 bits per heavy atom. The molecule has 0 bridgehead atoms. The summed E-state index contributed by atoms with van der Waals surface area (Å²) in [6, 6.07) is 10.7. The number of nitrogens with zero attached hydrogens (tertiary/aromatic N) is 3. The van der Waals surface area contributed by atoms with Crippen molar-refractivity contribution in [2.24, 2.45) is 5.92 Å². The fraction of sp³-hybridized carbons (Fsp3) is 0.520. The molecule has 178 valence electrons. The van der Waals surface area contributed by atoms with Gasteiger partial charge in [-0.15, -0.1) is 23.7 Å². The van der Waals surface area contributed by atoms with Crippen LogP contribution < -0.4 is 5.73 Å². The van der Waals surface area contributed by atoms with E-state index in [0.717, 1.165) is 62.8 Å². The molecule has 3 N–H and O–H groups in total. The molecule has 6 nitrogen and oxygen atoms in total. The van der Waals surface area contributed by atoms with Crippen molar-refractivity contribution in [3.63, 3.8) is 0 Å². The molecular formula is C25H34ClN5OS. The molecule has 2 aliphatic rings. The quantitative estimate of drug-likeness (QED) is 0.526. The maximum atomic E-state index is 13.0. The van der Waals surface area contributed by atoms with Crippen LogP contribution in [0, 0.1) is 5.92 Å². The molecule has 0 unspecified atom stereocenters. The third kappa shape index (κ3) is 5.20. The number of carbonyl (C=O) groups excluding carboxylic acids is 1. The summed E-state index contributed by atoms with van der Waals surface area (Å²) in [6.45, 7) is 6.24. The number of para-hydroxylation sites is 1. The molecule has 1 aromatic carbocycles. The second-order valence-electron chi connectivity index (χ2n) is 9.32. The number of halogens is 1. The number of amides is 1. The standard InChI is InChI=1S/C25H33N5OS.ClH/c1-2-11-30(19-7-8-21-23(15-19)32-25(26)28-21)16-17-9-12-29(13-10-17)24(31)22-14-18-5-3-4-6-20(18)27-22;/h3-6,14,17,19,27H,2,7-13,15-16H2,1H3,(H2,26,28);1H/t19-;/m0./s1. The van der Waals surface area contributed by atoms with Gasteiger partial charge in [0.1, 0.15) is 5.69 Å². The van der Waals surface area contributed by atoms with Crippen molar-refractivity contribution in [2.45, 2.75) is 51.5 Å². The van der Waals surface area contributed by atoms with Gasteiger partial charge >= 0.3 is 0 Å². The number of aromatic nitrogens is 2. The fourth-order valence-corrected chi connectivity index (χ4v) is 6.36. The third-order valence-electron chi connectivity index (χ3n) is 7.11. The topological polar surface area (TPSA) is 78.2 Å². The predicted octanol–water partition coefficient (Wildman–Crippen LogP) is 4.75. The van der Waals surface area contributed by atoms with Gasteiger partial charge in [0.15, 0.2) is 5.13 Å². The Morgan fingerprint density at radius 1 is 1.27 bits per heavy atom. The Bertz CT molecular complexity index is 1050. The molecular weight excluding hydrogens is 454 g/mol. The number of nitrogen functional groups attached to an aromatic ring is 1. The minimum absolute atomic E-state index is 0. The van der Waals surface area contributed by atoms with Crippen molar-refractivity contribution in [2.75, 3.05) is 31.9 Å². The van der Waals surface area contributed by atoms with E-state index in [1.54, 1.807) is 11.3 Å². The number of piperidine rings is 1. The molecule has 0 spiro atoms. The van der Waals surface area contributed by atoms with Crippen molar-refractivity contribution >= 4 is 45.7 Å². The molecule has 1 atom stereocenters. The maximum absolute atomic E-state index is 13.0. The van der Waals surface area contributed by atoms with E-state index < -0.39 is 0 Å². The zero-order valence-electron chi connectivity index (χ0n) is 19.3. The van der Waals surface area contributed by atoms with E-state index in [4.69, 9.17) is 5.73 Å². The molecule has 1 aliphatic heterocycles. The molecule has 0 radical (unpaired) electrons.